The molecule has 0 spiro atoms. The van der Waals surface area contributed by atoms with Gasteiger partial charge in [0.05, 0.1) is 16.9 Å². The smallest absolute Gasteiger partial charge is 0.258 e. The largest absolute Gasteiger partial charge is 0.352 e. The number of pyridine rings is 2. The van der Waals surface area contributed by atoms with Gasteiger partial charge < -0.3 is 10.6 Å². The lowest BCUT2D eigenvalue weighted by Crippen LogP contribution is -2.14. The monoisotopic (exact) mass is 448 g/mol. The Labute approximate surface area is 187 Å². The number of nitrogens with zero attached hydrogens (tertiary/aromatic N) is 2. The van der Waals surface area contributed by atoms with Gasteiger partial charge in [0.25, 0.3) is 5.91 Å². The molecule has 2 heterocycles. The zero-order valence-electron chi connectivity index (χ0n) is 17.5. The van der Waals surface area contributed by atoms with Crippen LogP contribution in [-0.2, 0) is 12.8 Å². The highest BCUT2D eigenvalue weighted by molar-refractivity contribution is 6.04. The molecule has 0 aliphatic heterocycles. The van der Waals surface area contributed by atoms with Crippen molar-refractivity contribution < 1.29 is 18.0 Å². The molecule has 2 N–H and O–H groups in total. The number of aryl methyl sites for hydroxylation is 2. The molecule has 2 aromatic carbocycles. The van der Waals surface area contributed by atoms with Gasteiger partial charge in [-0.1, -0.05) is 6.07 Å². The van der Waals surface area contributed by atoms with Gasteiger partial charge in [-0.25, -0.2) is 23.1 Å². The lowest BCUT2D eigenvalue weighted by Gasteiger charge is -2.19. The molecule has 0 radical (unpaired) electrons. The van der Waals surface area contributed by atoms with Crippen molar-refractivity contribution in [2.45, 2.75) is 25.7 Å². The second kappa shape index (κ2) is 8.54. The van der Waals surface area contributed by atoms with Gasteiger partial charge in [-0.15, -0.1) is 0 Å². The maximum absolute atomic E-state index is 14.9. The van der Waals surface area contributed by atoms with E-state index in [9.17, 15) is 18.0 Å². The van der Waals surface area contributed by atoms with Crippen LogP contribution in [0.2, 0.25) is 0 Å². The average Bonchev–Trinajstić information content (AvgIpc) is 2.82. The van der Waals surface area contributed by atoms with Gasteiger partial charge in [0.2, 0.25) is 0 Å². The molecule has 0 bridgehead atoms. The van der Waals surface area contributed by atoms with Crippen LogP contribution < -0.4 is 10.6 Å². The van der Waals surface area contributed by atoms with E-state index in [1.165, 1.54) is 29.3 Å². The molecular formula is C25H19F3N4O. The third-order valence-electron chi connectivity index (χ3n) is 5.78. The first-order valence-electron chi connectivity index (χ1n) is 10.6. The number of hydrogen-bond acceptors (Lipinski definition) is 4. The number of amides is 1. The Morgan fingerprint density at radius 3 is 2.61 bits per heavy atom. The summed E-state index contributed by atoms with van der Waals surface area (Å²) in [4.78, 5) is 21.1. The second-order valence-electron chi connectivity index (χ2n) is 7.90. The Kier molecular flexibility index (Phi) is 5.42. The minimum Gasteiger partial charge on any atom is -0.352 e. The molecule has 4 aromatic rings. The van der Waals surface area contributed by atoms with E-state index in [2.05, 4.69) is 20.6 Å². The number of benzene rings is 2. The van der Waals surface area contributed by atoms with Crippen molar-refractivity contribution in [1.82, 2.24) is 9.97 Å². The first kappa shape index (κ1) is 20.9. The lowest BCUT2D eigenvalue weighted by molar-refractivity contribution is 0.102. The number of halogens is 3. The van der Waals surface area contributed by atoms with E-state index in [1.807, 2.05) is 6.20 Å². The average molecular weight is 448 g/mol. The summed E-state index contributed by atoms with van der Waals surface area (Å²) < 4.78 is 42.1. The van der Waals surface area contributed by atoms with Crippen LogP contribution in [0.3, 0.4) is 0 Å². The number of nitrogens with one attached hydrogen (secondary N) is 2. The Balaban J connectivity index is 1.42. The highest BCUT2D eigenvalue weighted by atomic mass is 19.2. The van der Waals surface area contributed by atoms with Crippen LogP contribution in [0.4, 0.5) is 30.2 Å². The van der Waals surface area contributed by atoms with Crippen LogP contribution in [0, 0.1) is 17.5 Å². The molecule has 0 atom stereocenters. The number of carbonyl (C=O) groups is 1. The number of rotatable bonds is 4. The third-order valence-corrected chi connectivity index (χ3v) is 5.78. The zero-order valence-corrected chi connectivity index (χ0v) is 17.5. The first-order valence-corrected chi connectivity index (χ1v) is 10.6. The molecule has 5 rings (SSSR count). The number of aromatic nitrogens is 2. The summed E-state index contributed by atoms with van der Waals surface area (Å²) in [5, 5.41) is 6.39. The SMILES string of the molecule is O=C(Nc1ccc(Nc2ccnc3ncc4c(c23)CCCC4)c(F)c1)c1cccc(F)c1F. The van der Waals surface area contributed by atoms with E-state index < -0.39 is 28.9 Å². The number of carbonyl (C=O) groups excluding carboxylic acids is 1. The molecule has 1 aliphatic carbocycles. The summed E-state index contributed by atoms with van der Waals surface area (Å²) in [7, 11) is 0. The van der Waals surface area contributed by atoms with Crippen LogP contribution in [0.5, 0.6) is 0 Å². The molecular weight excluding hydrogens is 429 g/mol. The van der Waals surface area contributed by atoms with Crippen LogP contribution in [0.1, 0.15) is 34.3 Å². The van der Waals surface area contributed by atoms with E-state index in [4.69, 9.17) is 0 Å². The van der Waals surface area contributed by atoms with Gasteiger partial charge in [-0.2, -0.15) is 0 Å². The summed E-state index contributed by atoms with van der Waals surface area (Å²) >= 11 is 0. The second-order valence-corrected chi connectivity index (χ2v) is 7.90. The molecule has 1 amide bonds. The van der Waals surface area contributed by atoms with Gasteiger partial charge in [-0.05, 0) is 73.2 Å². The quantitative estimate of drug-likeness (QED) is 0.407. The van der Waals surface area contributed by atoms with E-state index in [1.54, 1.807) is 12.3 Å². The number of anilines is 3. The fourth-order valence-electron chi connectivity index (χ4n) is 4.16. The van der Waals surface area contributed by atoms with Crippen molar-refractivity contribution in [3.8, 4) is 0 Å². The van der Waals surface area contributed by atoms with Crippen LogP contribution in [0.15, 0.2) is 54.9 Å². The molecule has 5 nitrogen and oxygen atoms in total. The Morgan fingerprint density at radius 2 is 1.76 bits per heavy atom. The highest BCUT2D eigenvalue weighted by Gasteiger charge is 2.18. The number of hydrogen-bond donors (Lipinski definition) is 2. The van der Waals surface area contributed by atoms with Crippen LogP contribution >= 0.6 is 0 Å². The molecule has 1 aliphatic rings. The Hall–Kier alpha value is -3.94. The van der Waals surface area contributed by atoms with Gasteiger partial charge in [0.15, 0.2) is 17.3 Å². The van der Waals surface area contributed by atoms with E-state index in [0.717, 1.165) is 49.3 Å². The van der Waals surface area contributed by atoms with Gasteiger partial charge >= 0.3 is 0 Å². The van der Waals surface area contributed by atoms with Crippen molar-refractivity contribution in [1.29, 1.82) is 0 Å². The topological polar surface area (TPSA) is 66.9 Å². The standard InChI is InChI=1S/C25H19F3N4O/c26-18-7-3-6-17(23(18)28)25(33)31-15-8-9-20(19(27)12-15)32-21-10-11-29-24-22(21)16-5-2-1-4-14(16)13-30-24/h3,6-13H,1-2,4-5H2,(H,31,33)(H,29,30,32). The maximum Gasteiger partial charge on any atom is 0.258 e. The van der Waals surface area contributed by atoms with Crippen molar-refractivity contribution in [3.63, 3.8) is 0 Å². The van der Waals surface area contributed by atoms with Gasteiger partial charge in [0.1, 0.15) is 5.82 Å². The molecule has 0 fully saturated rings. The lowest BCUT2D eigenvalue weighted by atomic mass is 9.90. The van der Waals surface area contributed by atoms with Gasteiger partial charge in [-0.3, -0.25) is 4.79 Å². The van der Waals surface area contributed by atoms with Crippen molar-refractivity contribution >= 4 is 34.0 Å². The molecule has 8 heteroatoms. The highest BCUT2D eigenvalue weighted by Crippen LogP contribution is 2.34. The summed E-state index contributed by atoms with van der Waals surface area (Å²) in [6.07, 6.45) is 7.56. The molecule has 166 valence electrons. The molecule has 0 saturated carbocycles. The van der Waals surface area contributed by atoms with Crippen molar-refractivity contribution in [3.05, 3.63) is 89.0 Å². The summed E-state index contributed by atoms with van der Waals surface area (Å²) in [6, 6.07) is 9.16. The predicted molar refractivity (Wildman–Crippen MR) is 120 cm³/mol. The molecule has 33 heavy (non-hydrogen) atoms. The molecule has 0 unspecified atom stereocenters. The van der Waals surface area contributed by atoms with Crippen molar-refractivity contribution in [2.24, 2.45) is 0 Å². The fraction of sp³-hybridized carbons (Fsp3) is 0.160. The summed E-state index contributed by atoms with van der Waals surface area (Å²) in [5.41, 5.74) is 3.52. The third kappa shape index (κ3) is 4.00. The van der Waals surface area contributed by atoms with E-state index in [0.29, 0.717) is 11.3 Å². The zero-order chi connectivity index (χ0) is 22.9. The Bertz CT molecular complexity index is 1390. The van der Waals surface area contributed by atoms with Crippen LogP contribution in [0.25, 0.3) is 11.0 Å². The summed E-state index contributed by atoms with van der Waals surface area (Å²) in [6.45, 7) is 0. The van der Waals surface area contributed by atoms with Crippen molar-refractivity contribution in [2.75, 3.05) is 10.6 Å². The predicted octanol–water partition coefficient (Wildman–Crippen LogP) is 5.92. The first-order chi connectivity index (χ1) is 16.0. The Morgan fingerprint density at radius 1 is 0.909 bits per heavy atom. The number of fused-ring (bicyclic) bond motifs is 3. The maximum atomic E-state index is 14.9. The molecule has 0 saturated heterocycles. The minimum absolute atomic E-state index is 0.116. The summed E-state index contributed by atoms with van der Waals surface area (Å²) in [5.74, 6) is -3.87. The van der Waals surface area contributed by atoms with Crippen LogP contribution in [-0.4, -0.2) is 15.9 Å². The van der Waals surface area contributed by atoms with E-state index in [-0.39, 0.29) is 11.4 Å². The normalized spacial score (nSPS) is 12.9. The molecule has 2 aromatic heterocycles. The van der Waals surface area contributed by atoms with E-state index >= 15 is 0 Å². The van der Waals surface area contributed by atoms with Gasteiger partial charge in [0, 0.05) is 23.5 Å². The fourth-order valence-corrected chi connectivity index (χ4v) is 4.16. The minimum atomic E-state index is -1.25.